The summed E-state index contributed by atoms with van der Waals surface area (Å²) in [6.07, 6.45) is 4.34. The topological polar surface area (TPSA) is 123 Å². The average molecular weight is 573 g/mol. The first-order chi connectivity index (χ1) is 19.6. The van der Waals surface area contributed by atoms with E-state index in [9.17, 15) is 20.4 Å². The van der Waals surface area contributed by atoms with E-state index in [-0.39, 0.29) is 17.1 Å². The second-order valence-electron chi connectivity index (χ2n) is 14.9. The molecular weight excluding hydrogens is 522 g/mol. The van der Waals surface area contributed by atoms with Crippen LogP contribution in [0.3, 0.4) is 0 Å². The summed E-state index contributed by atoms with van der Waals surface area (Å²) in [6.45, 7) is 10.2. The van der Waals surface area contributed by atoms with Crippen LogP contribution in [0.5, 0.6) is 0 Å². The maximum atomic E-state index is 12.6. The number of nitrogens with one attached hydrogen (secondary N) is 1. The van der Waals surface area contributed by atoms with E-state index in [0.717, 1.165) is 51.5 Å². The van der Waals surface area contributed by atoms with Gasteiger partial charge in [0.2, 0.25) is 0 Å². The number of allylic oxidation sites excluding steroid dienone is 2. The van der Waals surface area contributed by atoms with Crippen LogP contribution in [0.15, 0.2) is 22.8 Å². The van der Waals surface area contributed by atoms with Crippen LogP contribution in [-0.2, 0) is 14.2 Å². The first-order valence-electron chi connectivity index (χ1n) is 16.3. The summed E-state index contributed by atoms with van der Waals surface area (Å²) in [5, 5.41) is 46.7. The minimum Gasteiger partial charge on any atom is -0.829 e. The Hall–Kier alpha value is -0.840. The number of aliphatic hydroxyl groups excluding tert-OH is 3. The first-order valence-corrected chi connectivity index (χ1v) is 16.3. The standard InChI is InChI=1S/C33H50NO7/c1-16-11-25-27(34-14-16)18(3)33(41-25)10-8-21-22-6-5-19-12-20(7-9-32(19,4)24(22)13-23(21)17(33)2)39-30-29(37)28(36)26(15-35)40-31(30)38/h5,16,18,20-22,24-31,34-37H,6-15H2,1-4H3/q-1/t16-,18+,20-,21-,22-,24-,25+,26+,27-,28+,29-,30+,31+,32-,33-/m0/s1. The van der Waals surface area contributed by atoms with E-state index in [1.54, 1.807) is 5.57 Å². The molecule has 1 spiro atoms. The Balaban J connectivity index is 1.08. The SMILES string of the molecule is CC1=C2C[C@H]3[C@@H](CC=C4C[C@@H](O[C@@H]5[C@@H](O)[C@H](O)[C@@H](CO)O[C@H]5[O-])CC[C@@]43C)[C@@H]2CC[C@]12O[C@@H]1C[C@H](C)CN[C@H]1[C@H]2C. The van der Waals surface area contributed by atoms with Gasteiger partial charge in [-0.25, -0.2) is 0 Å². The first kappa shape index (κ1) is 28.9. The summed E-state index contributed by atoms with van der Waals surface area (Å²) >= 11 is 0. The zero-order valence-electron chi connectivity index (χ0n) is 25.1. The molecule has 3 heterocycles. The summed E-state index contributed by atoms with van der Waals surface area (Å²) < 4.78 is 18.5. The molecule has 0 amide bonds. The second kappa shape index (κ2) is 10.4. The van der Waals surface area contributed by atoms with Gasteiger partial charge in [-0.1, -0.05) is 38.0 Å². The molecule has 0 unspecified atom stereocenters. The molecule has 7 rings (SSSR count). The average Bonchev–Trinajstić information content (AvgIpc) is 3.47. The highest BCUT2D eigenvalue weighted by atomic mass is 16.7. The number of ether oxygens (including phenoxy) is 3. The van der Waals surface area contributed by atoms with Crippen molar-refractivity contribution in [2.45, 2.75) is 134 Å². The third-order valence-electron chi connectivity index (χ3n) is 13.0. The smallest absolute Gasteiger partial charge is 0.111 e. The highest BCUT2D eigenvalue weighted by Crippen LogP contribution is 2.65. The van der Waals surface area contributed by atoms with Gasteiger partial charge in [-0.15, -0.1) is 0 Å². The summed E-state index contributed by atoms with van der Waals surface area (Å²) in [6, 6.07) is 0.459. The minimum atomic E-state index is -1.63. The summed E-state index contributed by atoms with van der Waals surface area (Å²) in [5.41, 5.74) is 4.63. The molecule has 8 heteroatoms. The monoisotopic (exact) mass is 572 g/mol. The molecule has 0 aromatic heterocycles. The lowest BCUT2D eigenvalue weighted by Crippen LogP contribution is -2.64. The van der Waals surface area contributed by atoms with Crippen molar-refractivity contribution >= 4 is 0 Å². The molecule has 5 fully saturated rings. The molecule has 0 bridgehead atoms. The fourth-order valence-electron chi connectivity index (χ4n) is 10.6. The van der Waals surface area contributed by atoms with Crippen LogP contribution in [0.1, 0.15) is 79.1 Å². The van der Waals surface area contributed by atoms with Crippen LogP contribution in [0.25, 0.3) is 0 Å². The Morgan fingerprint density at radius 3 is 2.73 bits per heavy atom. The lowest BCUT2D eigenvalue weighted by atomic mass is 9.56. The third-order valence-corrected chi connectivity index (χ3v) is 13.0. The molecule has 3 saturated heterocycles. The number of rotatable bonds is 3. The summed E-state index contributed by atoms with van der Waals surface area (Å²) in [5.74, 6) is 3.08. The molecule has 15 atom stereocenters. The number of fused-ring (bicyclic) bond motifs is 6. The van der Waals surface area contributed by atoms with Crippen LogP contribution in [0.2, 0.25) is 0 Å². The van der Waals surface area contributed by atoms with Gasteiger partial charge in [0, 0.05) is 18.2 Å². The normalized spacial score (nSPS) is 54.8. The largest absolute Gasteiger partial charge is 0.829 e. The third kappa shape index (κ3) is 4.30. The molecule has 4 aliphatic carbocycles. The highest BCUT2D eigenvalue weighted by Gasteiger charge is 2.60. The van der Waals surface area contributed by atoms with Gasteiger partial charge in [-0.05, 0) is 99.5 Å². The molecule has 4 N–H and O–H groups in total. The highest BCUT2D eigenvalue weighted by molar-refractivity contribution is 5.38. The van der Waals surface area contributed by atoms with Crippen molar-refractivity contribution in [2.24, 2.45) is 35.0 Å². The van der Waals surface area contributed by atoms with E-state index in [1.165, 1.54) is 17.6 Å². The van der Waals surface area contributed by atoms with Crippen molar-refractivity contribution in [3.63, 3.8) is 0 Å². The van der Waals surface area contributed by atoms with E-state index >= 15 is 0 Å². The zero-order chi connectivity index (χ0) is 28.8. The Kier molecular flexibility index (Phi) is 7.31. The Morgan fingerprint density at radius 1 is 1.15 bits per heavy atom. The van der Waals surface area contributed by atoms with E-state index in [2.05, 4.69) is 39.1 Å². The van der Waals surface area contributed by atoms with Gasteiger partial charge in [-0.2, -0.15) is 0 Å². The Bertz CT molecular complexity index is 1090. The lowest BCUT2D eigenvalue weighted by molar-refractivity contribution is -0.536. The van der Waals surface area contributed by atoms with Crippen LogP contribution in [0.4, 0.5) is 0 Å². The van der Waals surface area contributed by atoms with Gasteiger partial charge in [0.05, 0.1) is 30.5 Å². The number of hydrogen-bond donors (Lipinski definition) is 4. The molecule has 0 aromatic rings. The molecule has 7 aliphatic rings. The Labute approximate surface area is 244 Å². The van der Waals surface area contributed by atoms with Gasteiger partial charge in [0.15, 0.2) is 0 Å². The lowest BCUT2D eigenvalue weighted by Gasteiger charge is -2.51. The van der Waals surface area contributed by atoms with E-state index in [4.69, 9.17) is 14.2 Å². The summed E-state index contributed by atoms with van der Waals surface area (Å²) in [4.78, 5) is 0. The van der Waals surface area contributed by atoms with Gasteiger partial charge in [0.1, 0.15) is 18.3 Å². The van der Waals surface area contributed by atoms with Crippen molar-refractivity contribution < 1.29 is 34.6 Å². The molecule has 230 valence electrons. The maximum absolute atomic E-state index is 12.6. The van der Waals surface area contributed by atoms with Gasteiger partial charge >= 0.3 is 0 Å². The zero-order valence-corrected chi connectivity index (χ0v) is 25.1. The maximum Gasteiger partial charge on any atom is 0.111 e. The second-order valence-corrected chi connectivity index (χ2v) is 14.9. The van der Waals surface area contributed by atoms with Crippen molar-refractivity contribution in [3.8, 4) is 0 Å². The number of aliphatic hydroxyl groups is 3. The Morgan fingerprint density at radius 2 is 1.95 bits per heavy atom. The van der Waals surface area contributed by atoms with E-state index < -0.39 is 37.3 Å². The quantitative estimate of drug-likeness (QED) is 0.380. The molecule has 2 saturated carbocycles. The minimum absolute atomic E-state index is 0.105. The van der Waals surface area contributed by atoms with Gasteiger partial charge in [0.25, 0.3) is 0 Å². The molecular formula is C33H50NO7-. The molecule has 8 nitrogen and oxygen atoms in total. The van der Waals surface area contributed by atoms with Crippen LogP contribution >= 0.6 is 0 Å². The predicted octanol–water partition coefficient (Wildman–Crippen LogP) is 2.19. The molecule has 0 radical (unpaired) electrons. The predicted molar refractivity (Wildman–Crippen MR) is 150 cm³/mol. The van der Waals surface area contributed by atoms with Crippen LogP contribution in [0, 0.1) is 35.0 Å². The molecule has 3 aliphatic heterocycles. The van der Waals surface area contributed by atoms with Gasteiger partial charge < -0.3 is 40.0 Å². The van der Waals surface area contributed by atoms with Crippen molar-refractivity contribution in [2.75, 3.05) is 13.2 Å². The van der Waals surface area contributed by atoms with E-state index in [1.807, 2.05) is 0 Å². The van der Waals surface area contributed by atoms with Crippen LogP contribution in [-0.4, -0.2) is 83.0 Å². The fourth-order valence-corrected chi connectivity index (χ4v) is 10.6. The number of piperidine rings is 1. The van der Waals surface area contributed by atoms with Crippen molar-refractivity contribution in [1.29, 1.82) is 0 Å². The van der Waals surface area contributed by atoms with Crippen molar-refractivity contribution in [3.05, 3.63) is 22.8 Å². The fraction of sp³-hybridized carbons (Fsp3) is 0.879. The number of hydrogen-bond acceptors (Lipinski definition) is 8. The molecule has 41 heavy (non-hydrogen) atoms. The van der Waals surface area contributed by atoms with Crippen LogP contribution < -0.4 is 10.4 Å². The summed E-state index contributed by atoms with van der Waals surface area (Å²) in [7, 11) is 0. The van der Waals surface area contributed by atoms with E-state index in [0.29, 0.717) is 41.7 Å². The van der Waals surface area contributed by atoms with Gasteiger partial charge in [-0.3, -0.25) is 0 Å². The van der Waals surface area contributed by atoms with Crippen molar-refractivity contribution in [1.82, 2.24) is 5.32 Å². The molecule has 0 aromatic carbocycles.